The molecule has 2 aromatic heterocycles. The van der Waals surface area contributed by atoms with E-state index in [0.29, 0.717) is 5.01 Å². The van der Waals surface area contributed by atoms with Crippen LogP contribution in [-0.4, -0.2) is 16.1 Å². The number of thiazole rings is 1. The average molecular weight is 336 g/mol. The lowest BCUT2D eigenvalue weighted by Gasteiger charge is -2.26. The van der Waals surface area contributed by atoms with E-state index in [1.807, 2.05) is 30.3 Å². The van der Waals surface area contributed by atoms with Gasteiger partial charge in [0.2, 0.25) is 0 Å². The van der Waals surface area contributed by atoms with Crippen LogP contribution < -0.4 is 0 Å². The first-order chi connectivity index (χ1) is 10.8. The number of benzene rings is 1. The molecule has 0 aliphatic carbocycles. The maximum atomic E-state index is 13.0. The lowest BCUT2D eigenvalue weighted by Crippen LogP contribution is -2.34. The van der Waals surface area contributed by atoms with Gasteiger partial charge in [0.1, 0.15) is 0 Å². The van der Waals surface area contributed by atoms with Gasteiger partial charge in [0.15, 0.2) is 0 Å². The summed E-state index contributed by atoms with van der Waals surface area (Å²) in [5, 5.41) is 0.509. The van der Waals surface area contributed by atoms with Crippen LogP contribution in [0.4, 0.5) is 13.2 Å². The third-order valence-electron chi connectivity index (χ3n) is 3.81. The monoisotopic (exact) mass is 336 g/mol. The summed E-state index contributed by atoms with van der Waals surface area (Å²) >= 11 is 1.32. The highest BCUT2D eigenvalue weighted by Gasteiger charge is 2.47. The minimum atomic E-state index is -4.24. The first-order valence-electron chi connectivity index (χ1n) is 7.13. The molecule has 0 amide bonds. The van der Waals surface area contributed by atoms with Gasteiger partial charge < -0.3 is 0 Å². The first-order valence-corrected chi connectivity index (χ1v) is 7.94. The van der Waals surface area contributed by atoms with Crippen LogP contribution in [0, 0.1) is 5.41 Å². The molecule has 0 aliphatic rings. The topological polar surface area (TPSA) is 25.8 Å². The summed E-state index contributed by atoms with van der Waals surface area (Å²) < 4.78 is 40.0. The Hall–Kier alpha value is -1.95. The Morgan fingerprint density at radius 2 is 1.70 bits per heavy atom. The van der Waals surface area contributed by atoms with Gasteiger partial charge in [-0.05, 0) is 35.4 Å². The fraction of sp³-hybridized carbons (Fsp3) is 0.294. The largest absolute Gasteiger partial charge is 0.394 e. The molecule has 0 fully saturated rings. The molecule has 0 radical (unpaired) electrons. The number of fused-ring (bicyclic) bond motifs is 1. The summed E-state index contributed by atoms with van der Waals surface area (Å²) in [6, 6.07) is 9.54. The number of alkyl halides is 3. The molecule has 0 aliphatic heterocycles. The standard InChI is InChI=1S/C17H15F3N2S/c1-16(2,17(18,19)20)10-15-22-13-4-3-12(9-14(13)23-15)11-5-7-21-8-6-11/h3-9H,10H2,1-2H3. The smallest absolute Gasteiger partial charge is 0.265 e. The lowest BCUT2D eigenvalue weighted by molar-refractivity contribution is -0.211. The minimum absolute atomic E-state index is 0.111. The van der Waals surface area contributed by atoms with E-state index in [1.54, 1.807) is 12.4 Å². The molecule has 2 nitrogen and oxygen atoms in total. The van der Waals surface area contributed by atoms with Gasteiger partial charge in [-0.3, -0.25) is 4.98 Å². The number of hydrogen-bond donors (Lipinski definition) is 0. The average Bonchev–Trinajstić information content (AvgIpc) is 2.87. The Kier molecular flexibility index (Phi) is 3.88. The van der Waals surface area contributed by atoms with Gasteiger partial charge >= 0.3 is 6.18 Å². The summed E-state index contributed by atoms with van der Waals surface area (Å²) in [7, 11) is 0. The van der Waals surface area contributed by atoms with Crippen LogP contribution in [0.5, 0.6) is 0 Å². The SMILES string of the molecule is CC(C)(Cc1nc2ccc(-c3ccncc3)cc2s1)C(F)(F)F. The van der Waals surface area contributed by atoms with Crippen molar-refractivity contribution in [2.24, 2.45) is 5.41 Å². The maximum Gasteiger partial charge on any atom is 0.394 e. The molecule has 3 rings (SSSR count). The third-order valence-corrected chi connectivity index (χ3v) is 4.83. The zero-order valence-corrected chi connectivity index (χ0v) is 13.5. The second-order valence-corrected chi connectivity index (χ2v) is 7.20. The number of nitrogens with zero attached hydrogens (tertiary/aromatic N) is 2. The number of hydrogen-bond acceptors (Lipinski definition) is 3. The Bertz CT molecular complexity index is 823. The summed E-state index contributed by atoms with van der Waals surface area (Å²) in [5.41, 5.74) is 0.980. The molecular weight excluding hydrogens is 321 g/mol. The summed E-state index contributed by atoms with van der Waals surface area (Å²) in [4.78, 5) is 8.34. The van der Waals surface area contributed by atoms with Crippen molar-refractivity contribution in [1.29, 1.82) is 0 Å². The Balaban J connectivity index is 1.94. The van der Waals surface area contributed by atoms with E-state index in [4.69, 9.17) is 0 Å². The molecule has 0 spiro atoms. The van der Waals surface area contributed by atoms with Crippen LogP contribution in [0.2, 0.25) is 0 Å². The molecule has 0 N–H and O–H groups in total. The van der Waals surface area contributed by atoms with Crippen LogP contribution in [0.25, 0.3) is 21.3 Å². The molecule has 0 atom stereocenters. The zero-order valence-electron chi connectivity index (χ0n) is 12.7. The van der Waals surface area contributed by atoms with E-state index in [2.05, 4.69) is 9.97 Å². The Labute approximate surface area is 136 Å². The molecule has 1 aromatic carbocycles. The van der Waals surface area contributed by atoms with Crippen LogP contribution >= 0.6 is 11.3 Å². The van der Waals surface area contributed by atoms with Crippen molar-refractivity contribution in [2.45, 2.75) is 26.4 Å². The van der Waals surface area contributed by atoms with E-state index in [9.17, 15) is 13.2 Å². The molecule has 23 heavy (non-hydrogen) atoms. The van der Waals surface area contributed by atoms with Crippen molar-refractivity contribution in [2.75, 3.05) is 0 Å². The van der Waals surface area contributed by atoms with Crippen LogP contribution in [-0.2, 0) is 6.42 Å². The molecule has 0 saturated heterocycles. The van der Waals surface area contributed by atoms with E-state index < -0.39 is 11.6 Å². The van der Waals surface area contributed by atoms with E-state index in [1.165, 1.54) is 25.2 Å². The van der Waals surface area contributed by atoms with Crippen molar-refractivity contribution in [1.82, 2.24) is 9.97 Å². The minimum Gasteiger partial charge on any atom is -0.265 e. The van der Waals surface area contributed by atoms with Gasteiger partial charge in [-0.2, -0.15) is 13.2 Å². The number of rotatable bonds is 3. The van der Waals surface area contributed by atoms with E-state index in [-0.39, 0.29) is 6.42 Å². The maximum absolute atomic E-state index is 13.0. The van der Waals surface area contributed by atoms with Gasteiger partial charge in [-0.1, -0.05) is 19.9 Å². The second-order valence-electron chi connectivity index (χ2n) is 6.08. The normalized spacial score (nSPS) is 12.7. The molecule has 0 bridgehead atoms. The van der Waals surface area contributed by atoms with Gasteiger partial charge in [-0.25, -0.2) is 4.98 Å². The molecule has 0 saturated carbocycles. The molecule has 6 heteroatoms. The van der Waals surface area contributed by atoms with E-state index in [0.717, 1.165) is 21.3 Å². The van der Waals surface area contributed by atoms with Crippen molar-refractivity contribution in [3.8, 4) is 11.1 Å². The van der Waals surface area contributed by atoms with Crippen LogP contribution in [0.3, 0.4) is 0 Å². The quantitative estimate of drug-likeness (QED) is 0.632. The molecule has 2 heterocycles. The highest BCUT2D eigenvalue weighted by atomic mass is 32.1. The van der Waals surface area contributed by atoms with Gasteiger partial charge in [0.05, 0.1) is 20.6 Å². The van der Waals surface area contributed by atoms with Gasteiger partial charge in [-0.15, -0.1) is 11.3 Å². The second kappa shape index (κ2) is 5.60. The van der Waals surface area contributed by atoms with Crippen LogP contribution in [0.15, 0.2) is 42.7 Å². The fourth-order valence-corrected chi connectivity index (χ4v) is 3.49. The molecular formula is C17H15F3N2S. The van der Waals surface area contributed by atoms with Crippen molar-refractivity contribution < 1.29 is 13.2 Å². The predicted molar refractivity (Wildman–Crippen MR) is 86.4 cm³/mol. The zero-order chi connectivity index (χ0) is 16.7. The van der Waals surface area contributed by atoms with Crippen molar-refractivity contribution in [3.63, 3.8) is 0 Å². The van der Waals surface area contributed by atoms with E-state index >= 15 is 0 Å². The molecule has 0 unspecified atom stereocenters. The summed E-state index contributed by atoms with van der Waals surface area (Å²) in [5.74, 6) is 0. The van der Waals surface area contributed by atoms with Crippen molar-refractivity contribution >= 4 is 21.6 Å². The molecule has 3 aromatic rings. The van der Waals surface area contributed by atoms with Crippen molar-refractivity contribution in [3.05, 3.63) is 47.7 Å². The summed E-state index contributed by atoms with van der Waals surface area (Å²) in [6.07, 6.45) is -0.930. The predicted octanol–water partition coefficient (Wildman–Crippen LogP) is 5.49. The number of halogens is 3. The number of pyridine rings is 1. The van der Waals surface area contributed by atoms with Crippen LogP contribution in [0.1, 0.15) is 18.9 Å². The molecule has 120 valence electrons. The van der Waals surface area contributed by atoms with Gasteiger partial charge in [0, 0.05) is 18.8 Å². The highest BCUT2D eigenvalue weighted by molar-refractivity contribution is 7.18. The fourth-order valence-electron chi connectivity index (χ4n) is 2.25. The number of aromatic nitrogens is 2. The Morgan fingerprint density at radius 3 is 2.35 bits per heavy atom. The van der Waals surface area contributed by atoms with Gasteiger partial charge in [0.25, 0.3) is 0 Å². The Morgan fingerprint density at radius 1 is 1.00 bits per heavy atom. The first kappa shape index (κ1) is 15.9. The third kappa shape index (κ3) is 3.22. The summed E-state index contributed by atoms with van der Waals surface area (Å²) in [6.45, 7) is 2.42. The highest BCUT2D eigenvalue weighted by Crippen LogP contribution is 2.41. The lowest BCUT2D eigenvalue weighted by atomic mass is 9.89.